The zero-order chi connectivity index (χ0) is 22.1. The van der Waals surface area contributed by atoms with Crippen LogP contribution in [0.15, 0.2) is 65.3 Å². The van der Waals surface area contributed by atoms with Crippen molar-refractivity contribution in [2.45, 2.75) is 25.9 Å². The number of hydrogen-bond donors (Lipinski definition) is 0. The highest BCUT2D eigenvalue weighted by Gasteiger charge is 2.26. The van der Waals surface area contributed by atoms with E-state index in [4.69, 9.17) is 37.3 Å². The molecule has 0 unspecified atom stereocenters. The maximum absolute atomic E-state index is 13.4. The van der Waals surface area contributed by atoms with Gasteiger partial charge in [-0.1, -0.05) is 47.5 Å². The molecule has 4 aromatic rings. The molecule has 0 saturated carbocycles. The first-order chi connectivity index (χ1) is 15.6. The van der Waals surface area contributed by atoms with E-state index in [2.05, 4.69) is 0 Å². The summed E-state index contributed by atoms with van der Waals surface area (Å²) in [6.45, 7) is -0.00213. The van der Waals surface area contributed by atoms with Crippen LogP contribution in [-0.4, -0.2) is 11.0 Å². The maximum atomic E-state index is 13.4. The van der Waals surface area contributed by atoms with E-state index in [1.807, 2.05) is 42.5 Å². The zero-order valence-corrected chi connectivity index (χ0v) is 18.6. The summed E-state index contributed by atoms with van der Waals surface area (Å²) in [5.41, 5.74) is 4.68. The highest BCUT2D eigenvalue weighted by molar-refractivity contribution is 6.36. The van der Waals surface area contributed by atoms with Crippen molar-refractivity contribution < 1.29 is 13.9 Å². The number of allylic oxidation sites excluding steroid dienone is 1. The lowest BCUT2D eigenvalue weighted by molar-refractivity contribution is 0.0474. The van der Waals surface area contributed by atoms with Crippen molar-refractivity contribution >= 4 is 51.7 Å². The van der Waals surface area contributed by atoms with Gasteiger partial charge < -0.3 is 9.15 Å². The van der Waals surface area contributed by atoms with E-state index in [1.54, 1.807) is 24.5 Å². The van der Waals surface area contributed by atoms with Gasteiger partial charge in [0.1, 0.15) is 12.4 Å². The third kappa shape index (κ3) is 3.92. The quantitative estimate of drug-likeness (QED) is 0.296. The van der Waals surface area contributed by atoms with E-state index < -0.39 is 5.97 Å². The van der Waals surface area contributed by atoms with Gasteiger partial charge in [0.2, 0.25) is 0 Å². The molecule has 1 aliphatic carbocycles. The molecule has 0 spiro atoms. The second-order valence-corrected chi connectivity index (χ2v) is 8.46. The number of esters is 1. The minimum atomic E-state index is -0.407. The summed E-state index contributed by atoms with van der Waals surface area (Å²) in [7, 11) is 0. The van der Waals surface area contributed by atoms with Gasteiger partial charge in [-0.2, -0.15) is 0 Å². The third-order valence-electron chi connectivity index (χ3n) is 5.64. The highest BCUT2D eigenvalue weighted by atomic mass is 35.5. The summed E-state index contributed by atoms with van der Waals surface area (Å²) >= 11 is 12.5. The monoisotopic (exact) mass is 463 g/mol. The van der Waals surface area contributed by atoms with E-state index in [1.165, 1.54) is 0 Å². The number of nitrogens with zero attached hydrogens (tertiary/aromatic N) is 1. The lowest BCUT2D eigenvalue weighted by atomic mass is 9.86. The number of pyridine rings is 1. The molecule has 0 aliphatic heterocycles. The first kappa shape index (κ1) is 20.8. The van der Waals surface area contributed by atoms with Crippen LogP contribution in [0.5, 0.6) is 0 Å². The normalized spacial score (nSPS) is 14.5. The summed E-state index contributed by atoms with van der Waals surface area (Å²) in [5.74, 6) is 0.357. The molecule has 0 bridgehead atoms. The molecule has 0 saturated heterocycles. The predicted octanol–water partition coefficient (Wildman–Crippen LogP) is 7.37. The minimum absolute atomic E-state index is 0.00213. The van der Waals surface area contributed by atoms with Crippen LogP contribution in [0.4, 0.5) is 0 Å². The van der Waals surface area contributed by atoms with Gasteiger partial charge in [0.05, 0.1) is 23.0 Å². The first-order valence-electron chi connectivity index (χ1n) is 10.4. The number of ether oxygens (including phenoxy) is 1. The fourth-order valence-corrected chi connectivity index (χ4v) is 4.64. The number of carbonyl (C=O) groups is 1. The molecule has 160 valence electrons. The van der Waals surface area contributed by atoms with Crippen molar-refractivity contribution in [2.24, 2.45) is 0 Å². The Morgan fingerprint density at radius 3 is 2.62 bits per heavy atom. The van der Waals surface area contributed by atoms with Crippen molar-refractivity contribution in [3.63, 3.8) is 0 Å². The van der Waals surface area contributed by atoms with Gasteiger partial charge in [-0.25, -0.2) is 9.78 Å². The smallest absolute Gasteiger partial charge is 0.339 e. The van der Waals surface area contributed by atoms with E-state index in [9.17, 15) is 4.79 Å². The SMILES string of the molecule is O=C(OCc1c(Cl)cccc1Cl)c1c2c(nc3ccccc13)/C(=C/c1ccco1)CCC2. The average Bonchev–Trinajstić information content (AvgIpc) is 3.30. The number of halogens is 2. The van der Waals surface area contributed by atoms with Crippen molar-refractivity contribution in [1.82, 2.24) is 4.98 Å². The largest absolute Gasteiger partial charge is 0.465 e. The Morgan fingerprint density at radius 2 is 1.84 bits per heavy atom. The molecule has 2 aromatic heterocycles. The molecule has 2 aromatic carbocycles. The third-order valence-corrected chi connectivity index (χ3v) is 6.35. The standard InChI is InChI=1S/C26H19Cl2NO3/c27-21-10-4-11-22(28)20(21)15-32-26(30)24-18-8-1-2-12-23(18)29-25-16(6-3-9-19(24)25)14-17-7-5-13-31-17/h1-2,4-5,7-8,10-14H,3,6,9,15H2/b16-14+. The van der Waals surface area contributed by atoms with Crippen LogP contribution in [-0.2, 0) is 17.8 Å². The number of fused-ring (bicyclic) bond motifs is 2. The number of aromatic nitrogens is 1. The minimum Gasteiger partial charge on any atom is -0.465 e. The Morgan fingerprint density at radius 1 is 1.03 bits per heavy atom. The molecule has 32 heavy (non-hydrogen) atoms. The summed E-state index contributed by atoms with van der Waals surface area (Å²) in [5, 5.41) is 1.71. The summed E-state index contributed by atoms with van der Waals surface area (Å²) in [6.07, 6.45) is 6.17. The van der Waals surface area contributed by atoms with E-state index >= 15 is 0 Å². The van der Waals surface area contributed by atoms with Gasteiger partial charge in [0.25, 0.3) is 0 Å². The lowest BCUT2D eigenvalue weighted by Crippen LogP contribution is -2.15. The summed E-state index contributed by atoms with van der Waals surface area (Å²) in [4.78, 5) is 18.3. The summed E-state index contributed by atoms with van der Waals surface area (Å²) < 4.78 is 11.2. The molecular formula is C26H19Cl2NO3. The van der Waals surface area contributed by atoms with Gasteiger partial charge in [0.15, 0.2) is 0 Å². The first-order valence-corrected chi connectivity index (χ1v) is 11.1. The average molecular weight is 464 g/mol. The number of benzene rings is 2. The fraction of sp³-hybridized carbons (Fsp3) is 0.154. The Bertz CT molecular complexity index is 1320. The molecule has 0 atom stereocenters. The van der Waals surface area contributed by atoms with Gasteiger partial charge in [-0.3, -0.25) is 0 Å². The molecule has 2 heterocycles. The Kier molecular flexibility index (Phi) is 5.73. The van der Waals surface area contributed by atoms with Gasteiger partial charge >= 0.3 is 5.97 Å². The molecule has 0 N–H and O–H groups in total. The van der Waals surface area contributed by atoms with Crippen molar-refractivity contribution in [3.8, 4) is 0 Å². The molecule has 0 radical (unpaired) electrons. The van der Waals surface area contributed by atoms with E-state index in [0.29, 0.717) is 21.2 Å². The Labute approximate surface area is 195 Å². The molecule has 0 fully saturated rings. The van der Waals surface area contributed by atoms with Crippen LogP contribution < -0.4 is 0 Å². The number of carbonyl (C=O) groups excluding carboxylic acids is 1. The highest BCUT2D eigenvalue weighted by Crippen LogP contribution is 2.37. The maximum Gasteiger partial charge on any atom is 0.339 e. The van der Waals surface area contributed by atoms with Crippen molar-refractivity contribution in [1.29, 1.82) is 0 Å². The van der Waals surface area contributed by atoms with Crippen molar-refractivity contribution in [3.05, 3.63) is 99.1 Å². The molecule has 4 nitrogen and oxygen atoms in total. The van der Waals surface area contributed by atoms with Gasteiger partial charge in [0, 0.05) is 21.0 Å². The van der Waals surface area contributed by atoms with Gasteiger partial charge in [-0.05, 0) is 66.8 Å². The fourth-order valence-electron chi connectivity index (χ4n) is 4.13. The number of hydrogen-bond acceptors (Lipinski definition) is 4. The second-order valence-electron chi connectivity index (χ2n) is 7.65. The number of furan rings is 1. The van der Waals surface area contributed by atoms with Crippen molar-refractivity contribution in [2.75, 3.05) is 0 Å². The molecule has 1 aliphatic rings. The predicted molar refractivity (Wildman–Crippen MR) is 127 cm³/mol. The lowest BCUT2D eigenvalue weighted by Gasteiger charge is -2.22. The molecule has 6 heteroatoms. The van der Waals surface area contributed by atoms with Crippen LogP contribution in [0, 0.1) is 0 Å². The molecular weight excluding hydrogens is 445 g/mol. The Balaban J connectivity index is 1.59. The van der Waals surface area contributed by atoms with Crippen LogP contribution in [0.25, 0.3) is 22.6 Å². The van der Waals surface area contributed by atoms with Crippen LogP contribution >= 0.6 is 23.2 Å². The zero-order valence-electron chi connectivity index (χ0n) is 17.1. The molecule has 5 rings (SSSR count). The molecule has 0 amide bonds. The second kappa shape index (κ2) is 8.81. The van der Waals surface area contributed by atoms with E-state index in [-0.39, 0.29) is 6.61 Å². The number of para-hydroxylation sites is 1. The van der Waals surface area contributed by atoms with Crippen LogP contribution in [0.3, 0.4) is 0 Å². The summed E-state index contributed by atoms with van der Waals surface area (Å²) in [6, 6.07) is 16.6. The van der Waals surface area contributed by atoms with Crippen LogP contribution in [0.1, 0.15) is 45.8 Å². The van der Waals surface area contributed by atoms with Gasteiger partial charge in [-0.15, -0.1) is 0 Å². The topological polar surface area (TPSA) is 52.3 Å². The van der Waals surface area contributed by atoms with E-state index in [0.717, 1.165) is 52.8 Å². The van der Waals surface area contributed by atoms with Crippen LogP contribution in [0.2, 0.25) is 10.0 Å². The Hall–Kier alpha value is -3.08. The number of rotatable bonds is 4.